The quantitative estimate of drug-likeness (QED) is 0.622. The molecule has 22 heavy (non-hydrogen) atoms. The van der Waals surface area contributed by atoms with Gasteiger partial charge in [-0.05, 0) is 59.6 Å². The summed E-state index contributed by atoms with van der Waals surface area (Å²) in [5.41, 5.74) is 3.08. The van der Waals surface area contributed by atoms with E-state index in [-0.39, 0.29) is 5.41 Å². The number of hydrogen-bond donors (Lipinski definition) is 0. The van der Waals surface area contributed by atoms with Crippen LogP contribution in [-0.2, 0) is 11.8 Å². The van der Waals surface area contributed by atoms with Crippen molar-refractivity contribution in [2.45, 2.75) is 58.8 Å². The van der Waals surface area contributed by atoms with Crippen molar-refractivity contribution in [1.82, 2.24) is 0 Å². The van der Waals surface area contributed by atoms with Crippen LogP contribution < -0.4 is 0 Å². The van der Waals surface area contributed by atoms with Gasteiger partial charge in [0.25, 0.3) is 0 Å². The first kappa shape index (κ1) is 17.7. The Bertz CT molecular complexity index is 458. The lowest BCUT2D eigenvalue weighted by atomic mass is 9.86. The van der Waals surface area contributed by atoms with Crippen LogP contribution in [0.1, 0.15) is 58.1 Å². The number of allylic oxidation sites excluding steroid dienone is 2. The van der Waals surface area contributed by atoms with Crippen LogP contribution in [0.25, 0.3) is 0 Å². The second-order valence-electron chi connectivity index (χ2n) is 7.40. The Hall–Kier alpha value is -0.690. The Kier molecular flexibility index (Phi) is 6.62. The van der Waals surface area contributed by atoms with Crippen LogP contribution in [0.5, 0.6) is 0 Å². The third-order valence-electron chi connectivity index (χ3n) is 4.60. The molecule has 0 spiro atoms. The van der Waals surface area contributed by atoms with E-state index in [0.29, 0.717) is 0 Å². The third-order valence-corrected chi connectivity index (χ3v) is 5.81. The zero-order valence-electron chi connectivity index (χ0n) is 14.7. The fourth-order valence-corrected chi connectivity index (χ4v) is 4.27. The van der Waals surface area contributed by atoms with Crippen molar-refractivity contribution < 1.29 is 0 Å². The summed E-state index contributed by atoms with van der Waals surface area (Å²) < 4.78 is 0. The fraction of sp³-hybridized carbons (Fsp3) is 0.571. The maximum Gasteiger partial charge on any atom is 0.000909 e. The summed E-state index contributed by atoms with van der Waals surface area (Å²) in [4.78, 5) is 0. The molecule has 1 aromatic rings. The predicted octanol–water partition coefficient (Wildman–Crippen LogP) is 6.21. The smallest absolute Gasteiger partial charge is 0.000909 e. The van der Waals surface area contributed by atoms with Crippen LogP contribution in [-0.4, -0.2) is 11.5 Å². The molecule has 1 heterocycles. The van der Waals surface area contributed by atoms with Crippen molar-refractivity contribution in [3.8, 4) is 0 Å². The lowest BCUT2D eigenvalue weighted by Crippen LogP contribution is -2.17. The van der Waals surface area contributed by atoms with Crippen molar-refractivity contribution in [1.29, 1.82) is 0 Å². The normalized spacial score (nSPS) is 20.0. The van der Waals surface area contributed by atoms with Gasteiger partial charge in [0, 0.05) is 5.92 Å². The van der Waals surface area contributed by atoms with E-state index in [1.807, 2.05) is 0 Å². The Labute approximate surface area is 141 Å². The van der Waals surface area contributed by atoms with Gasteiger partial charge in [0.15, 0.2) is 0 Å². The summed E-state index contributed by atoms with van der Waals surface area (Å²) in [6.45, 7) is 9.11. The molecule has 1 atom stereocenters. The molecule has 0 nitrogen and oxygen atoms in total. The number of hydrogen-bond acceptors (Lipinski definition) is 1. The molecule has 0 aromatic heterocycles. The van der Waals surface area contributed by atoms with Gasteiger partial charge >= 0.3 is 0 Å². The average molecular weight is 316 g/mol. The van der Waals surface area contributed by atoms with Crippen LogP contribution in [0.15, 0.2) is 36.4 Å². The van der Waals surface area contributed by atoms with Crippen LogP contribution in [0.4, 0.5) is 0 Å². The van der Waals surface area contributed by atoms with Crippen LogP contribution in [0.3, 0.4) is 0 Å². The minimum absolute atomic E-state index is 0.246. The van der Waals surface area contributed by atoms with E-state index in [1.165, 1.54) is 41.9 Å². The van der Waals surface area contributed by atoms with E-state index in [1.54, 1.807) is 5.92 Å². The Balaban J connectivity index is 1.90. The third kappa shape index (κ3) is 5.19. The van der Waals surface area contributed by atoms with Gasteiger partial charge in [-0.25, -0.2) is 0 Å². The summed E-state index contributed by atoms with van der Waals surface area (Å²) >= 11 is 2.13. The van der Waals surface area contributed by atoms with E-state index in [9.17, 15) is 0 Å². The summed E-state index contributed by atoms with van der Waals surface area (Å²) in [7, 11) is 0. The van der Waals surface area contributed by atoms with E-state index in [0.717, 1.165) is 12.3 Å². The van der Waals surface area contributed by atoms with E-state index < -0.39 is 0 Å². The summed E-state index contributed by atoms with van der Waals surface area (Å²) in [5.74, 6) is 5.16. The van der Waals surface area contributed by atoms with E-state index >= 15 is 0 Å². The van der Waals surface area contributed by atoms with Crippen LogP contribution >= 0.6 is 11.8 Å². The van der Waals surface area contributed by atoms with Gasteiger partial charge in [-0.2, -0.15) is 11.8 Å². The highest BCUT2D eigenvalue weighted by Crippen LogP contribution is 2.32. The van der Waals surface area contributed by atoms with Crippen molar-refractivity contribution in [2.75, 3.05) is 11.5 Å². The molecule has 1 radical (unpaired) electrons. The minimum atomic E-state index is 0.246. The van der Waals surface area contributed by atoms with Crippen LogP contribution in [0.2, 0.25) is 0 Å². The monoisotopic (exact) mass is 315 g/mol. The van der Waals surface area contributed by atoms with Gasteiger partial charge in [-0.1, -0.05) is 64.1 Å². The molecule has 1 aromatic carbocycles. The van der Waals surface area contributed by atoms with Gasteiger partial charge in [-0.3, -0.25) is 0 Å². The lowest BCUT2D eigenvalue weighted by Gasteiger charge is -2.26. The van der Waals surface area contributed by atoms with Crippen molar-refractivity contribution in [2.24, 2.45) is 5.92 Å². The molecule has 1 unspecified atom stereocenters. The van der Waals surface area contributed by atoms with Crippen LogP contribution in [0, 0.1) is 11.8 Å². The van der Waals surface area contributed by atoms with E-state index in [2.05, 4.69) is 75.9 Å². The van der Waals surface area contributed by atoms with Crippen molar-refractivity contribution in [3.63, 3.8) is 0 Å². The molecule has 121 valence electrons. The molecular formula is C21H31S. The standard InChI is InChI=1S/C21H31S/c1-5-18(19-10-7-15-22-16-19)9-6-8-17-11-13-20(14-12-17)21(2,3)4/h6,9,11-14,19H,5,7-8,10,15-16H2,1-4H3. The SMILES string of the molecule is CC[C](C=CCc1ccc(C(C)(C)C)cc1)C1CCCSC1. The Morgan fingerprint density at radius 1 is 1.23 bits per heavy atom. The zero-order valence-corrected chi connectivity index (χ0v) is 15.5. The van der Waals surface area contributed by atoms with Gasteiger partial charge in [0.2, 0.25) is 0 Å². The molecule has 0 saturated carbocycles. The molecule has 0 aliphatic carbocycles. The molecular weight excluding hydrogens is 284 g/mol. The maximum absolute atomic E-state index is 2.41. The Morgan fingerprint density at radius 3 is 2.50 bits per heavy atom. The predicted molar refractivity (Wildman–Crippen MR) is 102 cm³/mol. The summed E-state index contributed by atoms with van der Waals surface area (Å²) in [6, 6.07) is 9.14. The minimum Gasteiger partial charge on any atom is -0.162 e. The topological polar surface area (TPSA) is 0 Å². The second kappa shape index (κ2) is 8.24. The van der Waals surface area contributed by atoms with Crippen molar-refractivity contribution in [3.05, 3.63) is 53.5 Å². The molecule has 1 heteroatoms. The molecule has 1 saturated heterocycles. The largest absolute Gasteiger partial charge is 0.162 e. The molecule has 1 aliphatic rings. The highest BCUT2D eigenvalue weighted by Gasteiger charge is 2.20. The van der Waals surface area contributed by atoms with E-state index in [4.69, 9.17) is 0 Å². The fourth-order valence-electron chi connectivity index (χ4n) is 3.06. The molecule has 1 fully saturated rings. The first-order valence-corrected chi connectivity index (χ1v) is 9.85. The molecule has 0 bridgehead atoms. The zero-order chi connectivity index (χ0) is 16.0. The highest BCUT2D eigenvalue weighted by atomic mass is 32.2. The van der Waals surface area contributed by atoms with Gasteiger partial charge in [-0.15, -0.1) is 0 Å². The maximum atomic E-state index is 2.41. The number of thioether (sulfide) groups is 1. The lowest BCUT2D eigenvalue weighted by molar-refractivity contribution is 0.537. The van der Waals surface area contributed by atoms with Gasteiger partial charge < -0.3 is 0 Å². The molecule has 2 rings (SSSR count). The Morgan fingerprint density at radius 2 is 1.95 bits per heavy atom. The van der Waals surface area contributed by atoms with Crippen molar-refractivity contribution >= 4 is 11.8 Å². The number of rotatable bonds is 5. The molecule has 1 aliphatic heterocycles. The molecule has 0 N–H and O–H groups in total. The first-order valence-electron chi connectivity index (χ1n) is 8.70. The first-order chi connectivity index (χ1) is 10.5. The second-order valence-corrected chi connectivity index (χ2v) is 8.55. The average Bonchev–Trinajstić information content (AvgIpc) is 2.52. The highest BCUT2D eigenvalue weighted by molar-refractivity contribution is 7.99. The number of benzene rings is 1. The van der Waals surface area contributed by atoms with Gasteiger partial charge in [0.05, 0.1) is 0 Å². The summed E-state index contributed by atoms with van der Waals surface area (Å²) in [5, 5.41) is 0. The van der Waals surface area contributed by atoms with Gasteiger partial charge in [0.1, 0.15) is 0 Å². The molecule has 0 amide bonds. The summed E-state index contributed by atoms with van der Waals surface area (Å²) in [6.07, 6.45) is 9.80.